The van der Waals surface area contributed by atoms with E-state index in [-0.39, 0.29) is 5.91 Å². The number of rotatable bonds is 4. The maximum atomic E-state index is 12.5. The van der Waals surface area contributed by atoms with Gasteiger partial charge < -0.3 is 0 Å². The van der Waals surface area contributed by atoms with Crippen LogP contribution in [0.25, 0.3) is 11.3 Å². The van der Waals surface area contributed by atoms with Crippen molar-refractivity contribution >= 4 is 34.1 Å². The highest BCUT2D eigenvalue weighted by Gasteiger charge is 2.15. The molecule has 1 amide bonds. The summed E-state index contributed by atoms with van der Waals surface area (Å²) in [5.41, 5.74) is 5.51. The van der Waals surface area contributed by atoms with Gasteiger partial charge in [-0.05, 0) is 61.3 Å². The topological polar surface area (TPSA) is 54.9 Å². The first-order valence-electron chi connectivity index (χ1n) is 8.62. The third-order valence-electron chi connectivity index (χ3n) is 4.58. The smallest absolute Gasteiger partial charge is 0.260 e. The number of nitrogens with zero attached hydrogens (tertiary/aromatic N) is 2. The fourth-order valence-electron chi connectivity index (χ4n) is 3.25. The summed E-state index contributed by atoms with van der Waals surface area (Å²) in [5.74, 6) is -0.172. The molecule has 4 rings (SSSR count). The Hall–Kier alpha value is -2.18. The van der Waals surface area contributed by atoms with Crippen LogP contribution in [0.2, 0.25) is 0 Å². The van der Waals surface area contributed by atoms with E-state index in [1.165, 1.54) is 53.5 Å². The van der Waals surface area contributed by atoms with Gasteiger partial charge in [0.1, 0.15) is 5.03 Å². The van der Waals surface area contributed by atoms with Crippen LogP contribution in [0.4, 0.5) is 5.13 Å². The zero-order valence-electron chi connectivity index (χ0n) is 14.5. The molecule has 3 aromatic rings. The van der Waals surface area contributed by atoms with Crippen molar-refractivity contribution < 1.29 is 4.79 Å². The first kappa shape index (κ1) is 17.2. The highest BCUT2D eigenvalue weighted by atomic mass is 32.2. The number of aryl methyl sites for hydroxylation is 2. The summed E-state index contributed by atoms with van der Waals surface area (Å²) in [5, 5.41) is 6.23. The molecule has 0 saturated carbocycles. The molecule has 2 heterocycles. The van der Waals surface area contributed by atoms with Crippen LogP contribution in [0.3, 0.4) is 0 Å². The van der Waals surface area contributed by atoms with Crippen molar-refractivity contribution in [1.82, 2.24) is 9.97 Å². The van der Waals surface area contributed by atoms with Gasteiger partial charge in [-0.25, -0.2) is 9.97 Å². The molecule has 0 atom stereocenters. The molecule has 0 spiro atoms. The quantitative estimate of drug-likeness (QED) is 0.642. The molecule has 26 heavy (non-hydrogen) atoms. The summed E-state index contributed by atoms with van der Waals surface area (Å²) in [7, 11) is 0. The minimum absolute atomic E-state index is 0.172. The number of amides is 1. The van der Waals surface area contributed by atoms with Crippen LogP contribution in [0.5, 0.6) is 0 Å². The second-order valence-corrected chi connectivity index (χ2v) is 7.90. The lowest BCUT2D eigenvalue weighted by Crippen LogP contribution is -2.13. The largest absolute Gasteiger partial charge is 0.298 e. The van der Waals surface area contributed by atoms with Crippen LogP contribution in [0.15, 0.2) is 46.9 Å². The Balaban J connectivity index is 1.54. The molecule has 1 aromatic carbocycles. The minimum atomic E-state index is -0.172. The average Bonchev–Trinajstić information content (AvgIpc) is 3.16. The van der Waals surface area contributed by atoms with E-state index in [2.05, 4.69) is 33.5 Å². The van der Waals surface area contributed by atoms with Gasteiger partial charge in [-0.2, -0.15) is 0 Å². The normalized spacial score (nSPS) is 13.3. The molecule has 1 N–H and O–H groups in total. The van der Waals surface area contributed by atoms with Gasteiger partial charge >= 0.3 is 0 Å². The van der Waals surface area contributed by atoms with E-state index in [0.29, 0.717) is 10.7 Å². The summed E-state index contributed by atoms with van der Waals surface area (Å²) in [4.78, 5) is 21.4. The zero-order valence-corrected chi connectivity index (χ0v) is 16.1. The van der Waals surface area contributed by atoms with Crippen molar-refractivity contribution in [2.24, 2.45) is 0 Å². The number of hydrogen-bond acceptors (Lipinski definition) is 5. The van der Waals surface area contributed by atoms with E-state index in [4.69, 9.17) is 0 Å². The molecule has 0 fully saturated rings. The molecular weight excluding hydrogens is 362 g/mol. The SMILES string of the molecule is CSc1ncccc1C(=O)Nc1nc(-c2ccc3c(c2)CCCC3)cs1. The monoisotopic (exact) mass is 381 g/mol. The molecule has 0 aliphatic heterocycles. The summed E-state index contributed by atoms with van der Waals surface area (Å²) in [6.07, 6.45) is 8.48. The van der Waals surface area contributed by atoms with Crippen LogP contribution >= 0.6 is 23.1 Å². The Morgan fingerprint density at radius 3 is 2.88 bits per heavy atom. The number of fused-ring (bicyclic) bond motifs is 1. The fourth-order valence-corrected chi connectivity index (χ4v) is 4.51. The Morgan fingerprint density at radius 2 is 2.04 bits per heavy atom. The molecule has 0 radical (unpaired) electrons. The van der Waals surface area contributed by atoms with Crippen LogP contribution in [-0.2, 0) is 12.8 Å². The molecule has 4 nitrogen and oxygen atoms in total. The van der Waals surface area contributed by atoms with Crippen LogP contribution in [0.1, 0.15) is 34.3 Å². The highest BCUT2D eigenvalue weighted by molar-refractivity contribution is 7.98. The zero-order chi connectivity index (χ0) is 17.9. The number of aromatic nitrogens is 2. The van der Waals surface area contributed by atoms with Crippen molar-refractivity contribution in [3.05, 3.63) is 58.6 Å². The predicted molar refractivity (Wildman–Crippen MR) is 108 cm³/mol. The van der Waals surface area contributed by atoms with Crippen molar-refractivity contribution in [3.8, 4) is 11.3 Å². The fraction of sp³-hybridized carbons (Fsp3) is 0.250. The molecule has 1 aliphatic carbocycles. The Kier molecular flexibility index (Phi) is 5.04. The number of hydrogen-bond donors (Lipinski definition) is 1. The predicted octanol–water partition coefficient (Wildman–Crippen LogP) is 5.06. The van der Waals surface area contributed by atoms with E-state index in [1.54, 1.807) is 18.3 Å². The summed E-state index contributed by atoms with van der Waals surface area (Å²) >= 11 is 2.91. The molecule has 0 saturated heterocycles. The number of carbonyl (C=O) groups excluding carboxylic acids is 1. The highest BCUT2D eigenvalue weighted by Crippen LogP contribution is 2.30. The summed E-state index contributed by atoms with van der Waals surface area (Å²) in [6, 6.07) is 10.2. The molecule has 2 aromatic heterocycles. The van der Waals surface area contributed by atoms with Gasteiger partial charge in [-0.3, -0.25) is 10.1 Å². The van der Waals surface area contributed by atoms with E-state index < -0.39 is 0 Å². The molecule has 0 bridgehead atoms. The van der Waals surface area contributed by atoms with Gasteiger partial charge in [0, 0.05) is 17.1 Å². The van der Waals surface area contributed by atoms with Crippen molar-refractivity contribution in [3.63, 3.8) is 0 Å². The second-order valence-electron chi connectivity index (χ2n) is 6.24. The number of pyridine rings is 1. The first-order chi connectivity index (χ1) is 12.7. The number of anilines is 1. The van der Waals surface area contributed by atoms with Crippen molar-refractivity contribution in [2.75, 3.05) is 11.6 Å². The minimum Gasteiger partial charge on any atom is -0.298 e. The van der Waals surface area contributed by atoms with E-state index in [0.717, 1.165) is 22.7 Å². The van der Waals surface area contributed by atoms with Gasteiger partial charge in [0.05, 0.1) is 11.3 Å². The molecule has 0 unspecified atom stereocenters. The number of carbonyl (C=O) groups is 1. The van der Waals surface area contributed by atoms with Gasteiger partial charge in [-0.15, -0.1) is 23.1 Å². The third kappa shape index (κ3) is 3.52. The maximum absolute atomic E-state index is 12.5. The number of thiazole rings is 1. The van der Waals surface area contributed by atoms with E-state index >= 15 is 0 Å². The second kappa shape index (κ2) is 7.60. The summed E-state index contributed by atoms with van der Waals surface area (Å²) < 4.78 is 0. The van der Waals surface area contributed by atoms with Crippen molar-refractivity contribution in [1.29, 1.82) is 0 Å². The summed E-state index contributed by atoms with van der Waals surface area (Å²) in [6.45, 7) is 0. The van der Waals surface area contributed by atoms with Gasteiger partial charge in [0.25, 0.3) is 5.91 Å². The molecule has 1 aliphatic rings. The average molecular weight is 382 g/mol. The lowest BCUT2D eigenvalue weighted by Gasteiger charge is -2.16. The van der Waals surface area contributed by atoms with E-state index in [9.17, 15) is 4.79 Å². The number of benzene rings is 1. The number of nitrogens with one attached hydrogen (secondary N) is 1. The molecule has 6 heteroatoms. The van der Waals surface area contributed by atoms with Crippen molar-refractivity contribution in [2.45, 2.75) is 30.7 Å². The van der Waals surface area contributed by atoms with Gasteiger partial charge in [0.2, 0.25) is 0 Å². The standard InChI is InChI=1S/C20H19N3OS2/c1-25-19-16(7-4-10-21-19)18(24)23-20-22-17(12-26-20)15-9-8-13-5-2-3-6-14(13)11-15/h4,7-12H,2-3,5-6H2,1H3,(H,22,23,24). The van der Waals surface area contributed by atoms with Gasteiger partial charge in [0.15, 0.2) is 5.13 Å². The number of thioether (sulfide) groups is 1. The Morgan fingerprint density at radius 1 is 1.19 bits per heavy atom. The Labute approximate surface area is 161 Å². The van der Waals surface area contributed by atoms with Crippen LogP contribution in [-0.4, -0.2) is 22.1 Å². The lowest BCUT2D eigenvalue weighted by atomic mass is 9.90. The van der Waals surface area contributed by atoms with Crippen LogP contribution < -0.4 is 5.32 Å². The first-order valence-corrected chi connectivity index (χ1v) is 10.7. The lowest BCUT2D eigenvalue weighted by molar-refractivity contribution is 0.102. The van der Waals surface area contributed by atoms with Gasteiger partial charge in [-0.1, -0.05) is 12.1 Å². The molecule has 132 valence electrons. The Bertz CT molecular complexity index is 952. The third-order valence-corrected chi connectivity index (χ3v) is 6.05. The maximum Gasteiger partial charge on any atom is 0.260 e. The molecular formula is C20H19N3OS2. The van der Waals surface area contributed by atoms with E-state index in [1.807, 2.05) is 11.6 Å². The van der Waals surface area contributed by atoms with Crippen LogP contribution in [0, 0.1) is 0 Å².